The number of alkyl halides is 1. The summed E-state index contributed by atoms with van der Waals surface area (Å²) in [5.41, 5.74) is 0. The van der Waals surface area contributed by atoms with Crippen molar-refractivity contribution in [2.75, 3.05) is 18.1 Å². The van der Waals surface area contributed by atoms with Gasteiger partial charge in [0.1, 0.15) is 0 Å². The Morgan fingerprint density at radius 2 is 2.08 bits per heavy atom. The minimum absolute atomic E-state index is 0.286. The van der Waals surface area contributed by atoms with Crippen LogP contribution in [0.3, 0.4) is 0 Å². The monoisotopic (exact) mass is 269 g/mol. The number of hydrogen-bond acceptors (Lipinski definition) is 2. The van der Waals surface area contributed by atoms with Crippen molar-refractivity contribution in [2.24, 2.45) is 0 Å². The first-order chi connectivity index (χ1) is 6.05. The van der Waals surface area contributed by atoms with Gasteiger partial charge in [-0.25, -0.2) is 8.42 Å². The van der Waals surface area contributed by atoms with Gasteiger partial charge in [-0.15, -0.1) is 0 Å². The van der Waals surface area contributed by atoms with Crippen molar-refractivity contribution in [3.8, 4) is 0 Å². The molecule has 0 bridgehead atoms. The van der Waals surface area contributed by atoms with Gasteiger partial charge in [0.15, 0.2) is 0 Å². The smallest absolute Gasteiger partial charge is 0.211 e. The normalized spacial score (nSPS) is 19.0. The molecular formula is C8H16BrNO2S. The summed E-state index contributed by atoms with van der Waals surface area (Å²) in [5, 5.41) is 0.867. The summed E-state index contributed by atoms with van der Waals surface area (Å²) in [6.45, 7) is 0.661. The minimum Gasteiger partial charge on any atom is -0.212 e. The molecule has 3 nitrogen and oxygen atoms in total. The molecule has 0 aliphatic heterocycles. The van der Waals surface area contributed by atoms with E-state index in [0.29, 0.717) is 6.54 Å². The lowest BCUT2D eigenvalue weighted by molar-refractivity contribution is 0.221. The molecule has 1 fully saturated rings. The van der Waals surface area contributed by atoms with Gasteiger partial charge >= 0.3 is 0 Å². The Balaban J connectivity index is 2.53. The molecule has 1 aliphatic carbocycles. The Morgan fingerprint density at radius 1 is 1.46 bits per heavy atom. The average molecular weight is 270 g/mol. The van der Waals surface area contributed by atoms with Gasteiger partial charge in [-0.1, -0.05) is 22.4 Å². The third-order valence-electron chi connectivity index (χ3n) is 2.42. The van der Waals surface area contributed by atoms with E-state index < -0.39 is 10.0 Å². The van der Waals surface area contributed by atoms with Crippen LogP contribution in [0.25, 0.3) is 0 Å². The lowest BCUT2D eigenvalue weighted by Gasteiger charge is -2.35. The Labute approximate surface area is 88.7 Å². The van der Waals surface area contributed by atoms with E-state index in [0.717, 1.165) is 24.6 Å². The Kier molecular flexibility index (Phi) is 4.19. The highest BCUT2D eigenvalue weighted by Crippen LogP contribution is 2.26. The van der Waals surface area contributed by atoms with E-state index in [1.54, 1.807) is 4.31 Å². The van der Waals surface area contributed by atoms with Crippen LogP contribution in [-0.2, 0) is 10.0 Å². The molecule has 13 heavy (non-hydrogen) atoms. The molecule has 0 amide bonds. The van der Waals surface area contributed by atoms with Crippen LogP contribution in [0.4, 0.5) is 0 Å². The number of nitrogens with zero attached hydrogens (tertiary/aromatic N) is 1. The zero-order valence-electron chi connectivity index (χ0n) is 7.87. The maximum Gasteiger partial charge on any atom is 0.211 e. The van der Waals surface area contributed by atoms with Gasteiger partial charge in [0.2, 0.25) is 10.0 Å². The SMILES string of the molecule is CS(=O)(=O)N(CCCBr)C1CCC1. The highest BCUT2D eigenvalue weighted by molar-refractivity contribution is 9.09. The fourth-order valence-electron chi connectivity index (χ4n) is 1.51. The van der Waals surface area contributed by atoms with Crippen LogP contribution in [0.15, 0.2) is 0 Å². The number of hydrogen-bond donors (Lipinski definition) is 0. The highest BCUT2D eigenvalue weighted by atomic mass is 79.9. The lowest BCUT2D eigenvalue weighted by atomic mass is 9.93. The molecule has 0 unspecified atom stereocenters. The van der Waals surface area contributed by atoms with E-state index in [9.17, 15) is 8.42 Å². The predicted octanol–water partition coefficient (Wildman–Crippen LogP) is 1.59. The molecule has 1 aliphatic rings. The summed E-state index contributed by atoms with van der Waals surface area (Å²) >= 11 is 3.31. The zero-order chi connectivity index (χ0) is 9.90. The third-order valence-corrected chi connectivity index (χ3v) is 4.31. The minimum atomic E-state index is -2.98. The van der Waals surface area contributed by atoms with Crippen molar-refractivity contribution in [3.63, 3.8) is 0 Å². The number of halogens is 1. The first-order valence-electron chi connectivity index (χ1n) is 4.58. The fourth-order valence-corrected chi connectivity index (χ4v) is 2.97. The summed E-state index contributed by atoms with van der Waals surface area (Å²) in [4.78, 5) is 0. The van der Waals surface area contributed by atoms with Crippen LogP contribution in [0.1, 0.15) is 25.7 Å². The van der Waals surface area contributed by atoms with Crippen molar-refractivity contribution < 1.29 is 8.42 Å². The molecule has 5 heteroatoms. The molecule has 78 valence electrons. The third kappa shape index (κ3) is 3.22. The molecule has 0 aromatic heterocycles. The summed E-state index contributed by atoms with van der Waals surface area (Å²) < 4.78 is 24.4. The molecule has 0 saturated heterocycles. The first-order valence-corrected chi connectivity index (χ1v) is 7.55. The Morgan fingerprint density at radius 3 is 2.38 bits per heavy atom. The maximum absolute atomic E-state index is 11.4. The van der Waals surface area contributed by atoms with Gasteiger partial charge in [-0.05, 0) is 19.3 Å². The second-order valence-corrected chi connectivity index (χ2v) is 6.23. The zero-order valence-corrected chi connectivity index (χ0v) is 10.3. The van der Waals surface area contributed by atoms with E-state index >= 15 is 0 Å². The number of rotatable bonds is 5. The fraction of sp³-hybridized carbons (Fsp3) is 1.00. The van der Waals surface area contributed by atoms with E-state index in [4.69, 9.17) is 0 Å². The first kappa shape index (κ1) is 11.5. The average Bonchev–Trinajstić information content (AvgIpc) is 1.91. The van der Waals surface area contributed by atoms with Crippen LogP contribution in [0.5, 0.6) is 0 Å². The van der Waals surface area contributed by atoms with Crippen LogP contribution in [-0.4, -0.2) is 36.9 Å². The summed E-state index contributed by atoms with van der Waals surface area (Å²) in [6.07, 6.45) is 5.44. The van der Waals surface area contributed by atoms with Gasteiger partial charge in [0.05, 0.1) is 6.26 Å². The van der Waals surface area contributed by atoms with Crippen LogP contribution >= 0.6 is 15.9 Å². The van der Waals surface area contributed by atoms with Gasteiger partial charge in [0.25, 0.3) is 0 Å². The van der Waals surface area contributed by atoms with Crippen molar-refractivity contribution in [3.05, 3.63) is 0 Å². The molecule has 0 aromatic carbocycles. The van der Waals surface area contributed by atoms with Crippen molar-refractivity contribution in [1.82, 2.24) is 4.31 Å². The van der Waals surface area contributed by atoms with Gasteiger partial charge < -0.3 is 0 Å². The molecule has 0 heterocycles. The standard InChI is InChI=1S/C8H16BrNO2S/c1-13(11,12)10(7-3-6-9)8-4-2-5-8/h8H,2-7H2,1H3. The Bertz CT molecular complexity index is 249. The lowest BCUT2D eigenvalue weighted by Crippen LogP contribution is -2.44. The summed E-state index contributed by atoms with van der Waals surface area (Å²) in [6, 6.07) is 0.286. The van der Waals surface area contributed by atoms with E-state index in [-0.39, 0.29) is 6.04 Å². The van der Waals surface area contributed by atoms with Crippen LogP contribution in [0.2, 0.25) is 0 Å². The topological polar surface area (TPSA) is 37.4 Å². The molecule has 0 aromatic rings. The van der Waals surface area contributed by atoms with E-state index in [1.165, 1.54) is 12.7 Å². The van der Waals surface area contributed by atoms with Crippen LogP contribution in [0, 0.1) is 0 Å². The largest absolute Gasteiger partial charge is 0.212 e. The molecule has 0 spiro atoms. The molecule has 0 radical (unpaired) electrons. The van der Waals surface area contributed by atoms with Gasteiger partial charge in [0, 0.05) is 17.9 Å². The molecular weight excluding hydrogens is 254 g/mol. The predicted molar refractivity (Wildman–Crippen MR) is 57.6 cm³/mol. The molecule has 0 N–H and O–H groups in total. The van der Waals surface area contributed by atoms with E-state index in [2.05, 4.69) is 15.9 Å². The second kappa shape index (κ2) is 4.75. The maximum atomic E-state index is 11.4. The molecule has 1 saturated carbocycles. The van der Waals surface area contributed by atoms with Crippen molar-refractivity contribution in [1.29, 1.82) is 0 Å². The van der Waals surface area contributed by atoms with Gasteiger partial charge in [-0.2, -0.15) is 4.31 Å². The summed E-state index contributed by atoms with van der Waals surface area (Å²) in [5.74, 6) is 0. The van der Waals surface area contributed by atoms with Crippen molar-refractivity contribution in [2.45, 2.75) is 31.7 Å². The number of sulfonamides is 1. The molecule has 0 atom stereocenters. The van der Waals surface area contributed by atoms with Crippen molar-refractivity contribution >= 4 is 26.0 Å². The quantitative estimate of drug-likeness (QED) is 0.711. The Hall–Kier alpha value is 0.390. The van der Waals surface area contributed by atoms with E-state index in [1.807, 2.05) is 0 Å². The van der Waals surface area contributed by atoms with Gasteiger partial charge in [-0.3, -0.25) is 0 Å². The second-order valence-electron chi connectivity index (χ2n) is 3.50. The highest BCUT2D eigenvalue weighted by Gasteiger charge is 2.30. The van der Waals surface area contributed by atoms with Crippen LogP contribution < -0.4 is 0 Å². The summed E-state index contributed by atoms with van der Waals surface area (Å²) in [7, 11) is -2.98. The molecule has 1 rings (SSSR count).